The van der Waals surface area contributed by atoms with Gasteiger partial charge in [-0.15, -0.1) is 0 Å². The summed E-state index contributed by atoms with van der Waals surface area (Å²) >= 11 is 0. The van der Waals surface area contributed by atoms with Crippen molar-refractivity contribution in [1.29, 1.82) is 0 Å². The molecule has 0 bridgehead atoms. The maximum atomic E-state index is 9.76. The van der Waals surface area contributed by atoms with E-state index in [0.29, 0.717) is 0 Å². The molecule has 0 aliphatic rings. The summed E-state index contributed by atoms with van der Waals surface area (Å²) in [7, 11) is 1.52. The summed E-state index contributed by atoms with van der Waals surface area (Å²) in [5, 5.41) is 20.7. The Morgan fingerprint density at radius 2 is 2.60 bits per heavy atom. The third-order valence-electron chi connectivity index (χ3n) is 0.805. The second-order valence-corrected chi connectivity index (χ2v) is 1.50. The van der Waals surface area contributed by atoms with Crippen molar-refractivity contribution in [3.8, 4) is 0 Å². The third-order valence-corrected chi connectivity index (χ3v) is 0.805. The molecule has 0 atom stereocenters. The van der Waals surface area contributed by atoms with Crippen LogP contribution in [-0.2, 0) is 7.05 Å². The van der Waals surface area contributed by atoms with Crippen LogP contribution in [0.5, 0.6) is 0 Å². The Kier molecular flexibility index (Phi) is 1.44. The van der Waals surface area contributed by atoms with E-state index in [1.165, 1.54) is 11.7 Å². The molecule has 0 unspecified atom stereocenters. The number of aryl methyl sites for hydroxylation is 1. The molecule has 0 fully saturated rings. The summed E-state index contributed by atoms with van der Waals surface area (Å²) in [6, 6.07) is 0. The molecule has 8 nitrogen and oxygen atoms in total. The van der Waals surface area contributed by atoms with Crippen LogP contribution in [0.1, 0.15) is 0 Å². The number of aromatic nitrogens is 4. The van der Waals surface area contributed by atoms with Crippen molar-refractivity contribution in [1.82, 2.24) is 20.2 Å². The highest BCUT2D eigenvalue weighted by atomic mass is 16.7. The molecule has 54 valence electrons. The molecule has 1 N–H and O–H groups in total. The number of H-pyrrole nitrogens is 1. The van der Waals surface area contributed by atoms with Crippen LogP contribution in [0.4, 0.5) is 0 Å². The number of hydrogen-bond acceptors (Lipinski definition) is 4. The Bertz CT molecular complexity index is 295. The number of nitrogens with one attached hydrogen (secondary N) is 1. The Balaban J connectivity index is 3.15. The van der Waals surface area contributed by atoms with E-state index in [0.717, 1.165) is 0 Å². The van der Waals surface area contributed by atoms with Crippen molar-refractivity contribution >= 4 is 0 Å². The molecule has 0 aliphatic carbocycles. The largest absolute Gasteiger partial charge is 0.337 e. The van der Waals surface area contributed by atoms with Crippen molar-refractivity contribution < 1.29 is 5.03 Å². The molecule has 1 rings (SSSR count). The number of nitrogens with zero attached hydrogens (tertiary/aromatic N) is 5. The van der Waals surface area contributed by atoms with Crippen LogP contribution in [0.2, 0.25) is 0 Å². The Morgan fingerprint density at radius 3 is 3.00 bits per heavy atom. The molecular weight excluding hydrogens is 140 g/mol. The fourth-order valence-electron chi connectivity index (χ4n) is 0.406. The minimum absolute atomic E-state index is 0.0648. The van der Waals surface area contributed by atoms with Crippen LogP contribution in [0.3, 0.4) is 0 Å². The summed E-state index contributed by atoms with van der Waals surface area (Å²) in [5.41, 5.74) is -0.0648. The van der Waals surface area contributed by atoms with Crippen LogP contribution >= 0.6 is 0 Å². The van der Waals surface area contributed by atoms with Crippen molar-refractivity contribution in [2.24, 2.45) is 12.1 Å². The van der Waals surface area contributed by atoms with Crippen LogP contribution in [0.25, 0.3) is 0 Å². The van der Waals surface area contributed by atoms with Gasteiger partial charge >= 0.3 is 5.62 Å². The average molecular weight is 144 g/mol. The summed E-state index contributed by atoms with van der Waals surface area (Å²) in [5.74, 6) is 0. The van der Waals surface area contributed by atoms with Gasteiger partial charge in [-0.05, 0) is 5.21 Å². The summed E-state index contributed by atoms with van der Waals surface area (Å²) < 4.78 is 1.23. The smallest absolute Gasteiger partial charge is 0.234 e. The van der Waals surface area contributed by atoms with E-state index >= 15 is 0 Å². The highest BCUT2D eigenvalue weighted by molar-refractivity contribution is 4.40. The third kappa shape index (κ3) is 1.16. The van der Waals surface area contributed by atoms with Gasteiger partial charge in [0, 0.05) is 7.05 Å². The van der Waals surface area contributed by atoms with Gasteiger partial charge in [0.2, 0.25) is 0 Å². The molecule has 10 heavy (non-hydrogen) atoms. The van der Waals surface area contributed by atoms with Gasteiger partial charge in [-0.2, -0.15) is 5.21 Å². The maximum absolute atomic E-state index is 9.76. The monoisotopic (exact) mass is 144 g/mol. The lowest BCUT2D eigenvalue weighted by Crippen LogP contribution is -2.18. The molecule has 0 saturated heterocycles. The zero-order valence-corrected chi connectivity index (χ0v) is 5.05. The summed E-state index contributed by atoms with van der Waals surface area (Å²) in [6.45, 7) is 0. The molecule has 0 aromatic carbocycles. The highest BCUT2D eigenvalue weighted by Crippen LogP contribution is 1.62. The average Bonchev–Trinajstić information content (AvgIpc) is 2.15. The molecule has 1 heterocycles. The van der Waals surface area contributed by atoms with Crippen molar-refractivity contribution in [2.45, 2.75) is 0 Å². The van der Waals surface area contributed by atoms with E-state index < -0.39 is 5.03 Å². The summed E-state index contributed by atoms with van der Waals surface area (Å²) in [6.07, 6.45) is 0. The number of aromatic amines is 1. The van der Waals surface area contributed by atoms with Gasteiger partial charge in [0.1, 0.15) is 5.10 Å². The molecular formula is C2H4N6O2. The first-order valence-corrected chi connectivity index (χ1v) is 2.33. The molecule has 1 aromatic rings. The molecule has 0 amide bonds. The zero-order chi connectivity index (χ0) is 7.56. The van der Waals surface area contributed by atoms with E-state index in [4.69, 9.17) is 0 Å². The molecule has 0 radical (unpaired) electrons. The van der Waals surface area contributed by atoms with Crippen LogP contribution < -0.4 is 5.62 Å². The van der Waals surface area contributed by atoms with Gasteiger partial charge in [-0.25, -0.2) is 14.8 Å². The predicted molar refractivity (Wildman–Crippen MR) is 27.9 cm³/mol. The lowest BCUT2D eigenvalue weighted by Gasteiger charge is -1.79. The standard InChI is InChI=1S/C2H4N6O2/c1-7-2(3-5-6-7)4-8(9)10/h1H3,(H,3,4,6). The molecule has 8 heteroatoms. The maximum Gasteiger partial charge on any atom is 0.337 e. The van der Waals surface area contributed by atoms with Crippen molar-refractivity contribution in [3.05, 3.63) is 15.7 Å². The number of tetrazole rings is 1. The first-order chi connectivity index (χ1) is 4.70. The predicted octanol–water partition coefficient (Wildman–Crippen LogP) is -1.76. The van der Waals surface area contributed by atoms with Crippen LogP contribution in [-0.4, -0.2) is 25.2 Å². The Labute approximate surface area is 54.3 Å². The topological polar surface area (TPSA) is 102 Å². The van der Waals surface area contributed by atoms with Gasteiger partial charge in [0.25, 0.3) is 0 Å². The molecule has 0 aliphatic heterocycles. The first-order valence-electron chi connectivity index (χ1n) is 2.33. The fraction of sp³-hybridized carbons (Fsp3) is 0.500. The van der Waals surface area contributed by atoms with Crippen molar-refractivity contribution in [2.75, 3.05) is 0 Å². The Hall–Kier alpha value is -1.73. The number of hydrogen-bond donors (Lipinski definition) is 1. The van der Waals surface area contributed by atoms with Crippen LogP contribution in [0.15, 0.2) is 5.10 Å². The molecule has 0 spiro atoms. The summed E-state index contributed by atoms with van der Waals surface area (Å²) in [4.78, 5) is 9.76. The highest BCUT2D eigenvalue weighted by Gasteiger charge is 1.95. The van der Waals surface area contributed by atoms with Gasteiger partial charge in [-0.1, -0.05) is 5.10 Å². The number of rotatable bonds is 1. The van der Waals surface area contributed by atoms with E-state index in [1.807, 2.05) is 0 Å². The lowest BCUT2D eigenvalue weighted by molar-refractivity contribution is -0.491. The normalized spacial score (nSPS) is 11.9. The first kappa shape index (κ1) is 6.39. The van der Waals surface area contributed by atoms with Crippen LogP contribution in [0, 0.1) is 10.1 Å². The van der Waals surface area contributed by atoms with E-state index in [-0.39, 0.29) is 5.62 Å². The van der Waals surface area contributed by atoms with Crippen molar-refractivity contribution in [3.63, 3.8) is 0 Å². The van der Waals surface area contributed by atoms with E-state index in [2.05, 4.69) is 20.6 Å². The molecule has 0 saturated carbocycles. The second-order valence-electron chi connectivity index (χ2n) is 1.50. The van der Waals surface area contributed by atoms with Gasteiger partial charge in [-0.3, -0.25) is 0 Å². The van der Waals surface area contributed by atoms with E-state index in [1.54, 1.807) is 0 Å². The second kappa shape index (κ2) is 2.25. The minimum atomic E-state index is -0.835. The number of nitro groups is 1. The molecule has 1 aromatic heterocycles. The SMILES string of the molecule is Cn1[nH]nnc1=N[N+](=O)[O-]. The van der Waals surface area contributed by atoms with Gasteiger partial charge in [0.15, 0.2) is 5.03 Å². The zero-order valence-electron chi connectivity index (χ0n) is 5.05. The lowest BCUT2D eigenvalue weighted by atomic mass is 11.1. The van der Waals surface area contributed by atoms with Gasteiger partial charge < -0.3 is 0 Å². The van der Waals surface area contributed by atoms with E-state index in [9.17, 15) is 10.1 Å². The van der Waals surface area contributed by atoms with Gasteiger partial charge in [0.05, 0.1) is 0 Å². The minimum Gasteiger partial charge on any atom is -0.234 e. The Morgan fingerprint density at radius 1 is 1.90 bits per heavy atom. The fourth-order valence-corrected chi connectivity index (χ4v) is 0.406. The quantitative estimate of drug-likeness (QED) is 0.372.